The molecule has 0 unspecified atom stereocenters. The van der Waals surface area contributed by atoms with Crippen LogP contribution in [-0.2, 0) is 11.3 Å². The molecule has 0 atom stereocenters. The fraction of sp³-hybridized carbons (Fsp3) is 0.350. The highest BCUT2D eigenvalue weighted by molar-refractivity contribution is 5.95. The smallest absolute Gasteiger partial charge is 0.311 e. The monoisotopic (exact) mass is 385 g/mol. The van der Waals surface area contributed by atoms with E-state index >= 15 is 0 Å². The zero-order valence-corrected chi connectivity index (χ0v) is 16.0. The molecule has 1 aliphatic heterocycles. The molecule has 0 aliphatic carbocycles. The molecule has 0 bridgehead atoms. The van der Waals surface area contributed by atoms with Crippen molar-refractivity contribution in [2.75, 3.05) is 45.4 Å². The Kier molecular flexibility index (Phi) is 6.10. The minimum atomic E-state index is -0.556. The predicted molar refractivity (Wildman–Crippen MR) is 105 cm³/mol. The van der Waals surface area contributed by atoms with Crippen molar-refractivity contribution in [3.63, 3.8) is 0 Å². The first-order valence-electron chi connectivity index (χ1n) is 8.99. The number of nitrogens with zero attached hydrogens (tertiary/aromatic N) is 3. The van der Waals surface area contributed by atoms with Crippen LogP contribution in [0, 0.1) is 10.1 Å². The number of hydrogen-bond acceptors (Lipinski definition) is 6. The molecule has 1 aliphatic rings. The normalized spacial score (nSPS) is 13.9. The van der Waals surface area contributed by atoms with E-state index < -0.39 is 4.92 Å². The standard InChI is InChI=1S/C20H23N3O5/c1-21(20(24)16-5-8-19(27-2)18(13-16)23(25)26)14-15-3-6-17(7-4-15)22-9-11-28-12-10-22/h3-8,13H,9-12,14H2,1-2H3. The number of rotatable bonds is 6. The van der Waals surface area contributed by atoms with Gasteiger partial charge in [0.05, 0.1) is 25.2 Å². The number of carbonyl (C=O) groups excluding carboxylic acids is 1. The van der Waals surface area contributed by atoms with Gasteiger partial charge in [-0.25, -0.2) is 0 Å². The Morgan fingerprint density at radius 2 is 1.89 bits per heavy atom. The van der Waals surface area contributed by atoms with Crippen molar-refractivity contribution in [1.82, 2.24) is 4.90 Å². The van der Waals surface area contributed by atoms with Crippen LogP contribution < -0.4 is 9.64 Å². The molecule has 1 amide bonds. The third-order valence-corrected chi connectivity index (χ3v) is 4.70. The maximum atomic E-state index is 12.7. The van der Waals surface area contributed by atoms with Crippen molar-refractivity contribution in [3.8, 4) is 5.75 Å². The summed E-state index contributed by atoms with van der Waals surface area (Å²) in [6, 6.07) is 12.3. The fourth-order valence-corrected chi connectivity index (χ4v) is 3.17. The second kappa shape index (κ2) is 8.71. The van der Waals surface area contributed by atoms with Crippen LogP contribution in [0.1, 0.15) is 15.9 Å². The van der Waals surface area contributed by atoms with Gasteiger partial charge in [-0.05, 0) is 29.8 Å². The molecule has 0 spiro atoms. The van der Waals surface area contributed by atoms with Crippen LogP contribution >= 0.6 is 0 Å². The zero-order valence-electron chi connectivity index (χ0n) is 16.0. The summed E-state index contributed by atoms with van der Waals surface area (Å²) in [5, 5.41) is 11.2. The number of nitro groups is 1. The Labute approximate surface area is 163 Å². The summed E-state index contributed by atoms with van der Waals surface area (Å²) in [5.74, 6) is -0.161. The van der Waals surface area contributed by atoms with Crippen LogP contribution in [-0.4, -0.2) is 56.2 Å². The van der Waals surface area contributed by atoms with E-state index in [-0.39, 0.29) is 22.9 Å². The number of ether oxygens (including phenoxy) is 2. The topological polar surface area (TPSA) is 85.2 Å². The van der Waals surface area contributed by atoms with Gasteiger partial charge in [0, 0.05) is 44.0 Å². The van der Waals surface area contributed by atoms with Gasteiger partial charge >= 0.3 is 5.69 Å². The SMILES string of the molecule is COc1ccc(C(=O)N(C)Cc2ccc(N3CCOCC3)cc2)cc1[N+](=O)[O-]. The molecule has 0 saturated carbocycles. The number of carbonyl (C=O) groups is 1. The lowest BCUT2D eigenvalue weighted by Gasteiger charge is -2.29. The van der Waals surface area contributed by atoms with Gasteiger partial charge in [0.25, 0.3) is 5.91 Å². The first kappa shape index (κ1) is 19.6. The lowest BCUT2D eigenvalue weighted by molar-refractivity contribution is -0.385. The molecule has 2 aromatic rings. The highest BCUT2D eigenvalue weighted by atomic mass is 16.6. The zero-order chi connectivity index (χ0) is 20.1. The lowest BCUT2D eigenvalue weighted by atomic mass is 10.1. The van der Waals surface area contributed by atoms with Crippen LogP contribution in [0.3, 0.4) is 0 Å². The first-order valence-corrected chi connectivity index (χ1v) is 8.99. The van der Waals surface area contributed by atoms with Crippen LogP contribution in [0.25, 0.3) is 0 Å². The van der Waals surface area contributed by atoms with Crippen LogP contribution in [0.15, 0.2) is 42.5 Å². The molecule has 0 N–H and O–H groups in total. The quantitative estimate of drug-likeness (QED) is 0.561. The highest BCUT2D eigenvalue weighted by Gasteiger charge is 2.20. The summed E-state index contributed by atoms with van der Waals surface area (Å²) < 4.78 is 10.3. The van der Waals surface area contributed by atoms with E-state index in [0.717, 1.165) is 37.6 Å². The Balaban J connectivity index is 1.68. The molecule has 1 saturated heterocycles. The van der Waals surface area contributed by atoms with E-state index in [4.69, 9.17) is 9.47 Å². The van der Waals surface area contributed by atoms with Crippen LogP contribution in [0.5, 0.6) is 5.75 Å². The molecular weight excluding hydrogens is 362 g/mol. The van der Waals surface area contributed by atoms with E-state index in [1.807, 2.05) is 24.3 Å². The van der Waals surface area contributed by atoms with Crippen molar-refractivity contribution < 1.29 is 19.2 Å². The number of hydrogen-bond donors (Lipinski definition) is 0. The van der Waals surface area contributed by atoms with E-state index in [1.165, 1.54) is 30.2 Å². The summed E-state index contributed by atoms with van der Waals surface area (Å²) >= 11 is 0. The molecule has 2 aromatic carbocycles. The van der Waals surface area contributed by atoms with E-state index in [2.05, 4.69) is 4.90 Å². The van der Waals surface area contributed by atoms with Gasteiger partial charge in [-0.3, -0.25) is 14.9 Å². The molecule has 148 valence electrons. The summed E-state index contributed by atoms with van der Waals surface area (Å²) in [6.45, 7) is 3.60. The fourth-order valence-electron chi connectivity index (χ4n) is 3.17. The maximum absolute atomic E-state index is 12.7. The summed E-state index contributed by atoms with van der Waals surface area (Å²) in [6.07, 6.45) is 0. The summed E-state index contributed by atoms with van der Waals surface area (Å²) in [7, 11) is 3.03. The Morgan fingerprint density at radius 3 is 2.50 bits per heavy atom. The average molecular weight is 385 g/mol. The van der Waals surface area contributed by atoms with E-state index in [9.17, 15) is 14.9 Å². The lowest BCUT2D eigenvalue weighted by Crippen LogP contribution is -2.36. The summed E-state index contributed by atoms with van der Waals surface area (Å²) in [5.41, 5.74) is 2.14. The van der Waals surface area contributed by atoms with Gasteiger partial charge in [-0.2, -0.15) is 0 Å². The van der Waals surface area contributed by atoms with E-state index in [1.54, 1.807) is 7.05 Å². The third kappa shape index (κ3) is 4.40. The second-order valence-electron chi connectivity index (χ2n) is 6.57. The molecule has 3 rings (SSSR count). The Bertz CT molecular complexity index is 847. The van der Waals surface area contributed by atoms with E-state index in [0.29, 0.717) is 6.54 Å². The Hall–Kier alpha value is -3.13. The van der Waals surface area contributed by atoms with Crippen LogP contribution in [0.2, 0.25) is 0 Å². The molecule has 1 fully saturated rings. The minimum absolute atomic E-state index is 0.128. The molecule has 28 heavy (non-hydrogen) atoms. The molecule has 8 nitrogen and oxygen atoms in total. The van der Waals surface area contributed by atoms with Crippen molar-refractivity contribution in [3.05, 3.63) is 63.7 Å². The largest absolute Gasteiger partial charge is 0.490 e. The molecule has 1 heterocycles. The molecule has 8 heteroatoms. The van der Waals surface area contributed by atoms with Crippen molar-refractivity contribution in [1.29, 1.82) is 0 Å². The number of benzene rings is 2. The predicted octanol–water partition coefficient (Wildman–Crippen LogP) is 2.71. The Morgan fingerprint density at radius 1 is 1.21 bits per heavy atom. The summed E-state index contributed by atoms with van der Waals surface area (Å²) in [4.78, 5) is 27.1. The number of morpholine rings is 1. The number of anilines is 1. The van der Waals surface area contributed by atoms with Crippen LogP contribution in [0.4, 0.5) is 11.4 Å². The van der Waals surface area contributed by atoms with Gasteiger partial charge in [0.2, 0.25) is 0 Å². The molecule has 0 radical (unpaired) electrons. The van der Waals surface area contributed by atoms with Crippen molar-refractivity contribution in [2.45, 2.75) is 6.54 Å². The van der Waals surface area contributed by atoms with Gasteiger partial charge < -0.3 is 19.3 Å². The highest BCUT2D eigenvalue weighted by Crippen LogP contribution is 2.28. The maximum Gasteiger partial charge on any atom is 0.311 e. The molecular formula is C20H23N3O5. The number of nitro benzene ring substituents is 1. The third-order valence-electron chi connectivity index (χ3n) is 4.70. The van der Waals surface area contributed by atoms with Gasteiger partial charge in [-0.15, -0.1) is 0 Å². The number of methoxy groups -OCH3 is 1. The minimum Gasteiger partial charge on any atom is -0.490 e. The van der Waals surface area contributed by atoms with Crippen molar-refractivity contribution in [2.24, 2.45) is 0 Å². The van der Waals surface area contributed by atoms with Crippen molar-refractivity contribution >= 4 is 17.3 Å². The first-order chi connectivity index (χ1) is 13.5. The molecule has 0 aromatic heterocycles. The van der Waals surface area contributed by atoms with Gasteiger partial charge in [-0.1, -0.05) is 12.1 Å². The second-order valence-corrected chi connectivity index (χ2v) is 6.57. The van der Waals surface area contributed by atoms with Gasteiger partial charge in [0.1, 0.15) is 0 Å². The average Bonchev–Trinajstić information content (AvgIpc) is 2.73. The number of amides is 1. The van der Waals surface area contributed by atoms with Gasteiger partial charge in [0.15, 0.2) is 5.75 Å².